The van der Waals surface area contributed by atoms with Crippen molar-refractivity contribution >= 4 is 28.3 Å². The van der Waals surface area contributed by atoms with Crippen LogP contribution in [-0.4, -0.2) is 45.4 Å². The number of amides is 2. The van der Waals surface area contributed by atoms with Gasteiger partial charge in [-0.1, -0.05) is 6.07 Å². The Bertz CT molecular complexity index is 740. The lowest BCUT2D eigenvalue weighted by Crippen LogP contribution is -2.34. The summed E-state index contributed by atoms with van der Waals surface area (Å²) in [5.41, 5.74) is 0.312. The average molecular weight is 362 g/mol. The maximum Gasteiger partial charge on any atom is 0.415 e. The van der Waals surface area contributed by atoms with Crippen LogP contribution in [0.25, 0.3) is 0 Å². The fourth-order valence-electron chi connectivity index (χ4n) is 2.60. The number of nitrogens with zero attached hydrogens (tertiary/aromatic N) is 1. The van der Waals surface area contributed by atoms with Crippen LogP contribution < -0.4 is 19.7 Å². The van der Waals surface area contributed by atoms with Crippen molar-refractivity contribution in [1.29, 1.82) is 0 Å². The molecule has 8 heteroatoms. The summed E-state index contributed by atoms with van der Waals surface area (Å²) in [6.45, 7) is 0.594. The fraction of sp³-hybridized carbons (Fsp3) is 0.294. The monoisotopic (exact) mass is 362 g/mol. The van der Waals surface area contributed by atoms with Gasteiger partial charge in [0.25, 0.3) is 5.91 Å². The summed E-state index contributed by atoms with van der Waals surface area (Å²) in [4.78, 5) is 26.0. The zero-order valence-electron chi connectivity index (χ0n) is 13.9. The molecule has 0 spiro atoms. The molecule has 25 heavy (non-hydrogen) atoms. The summed E-state index contributed by atoms with van der Waals surface area (Å²) in [5.74, 6) is 0.487. The van der Waals surface area contributed by atoms with Gasteiger partial charge in [0.1, 0.15) is 28.2 Å². The second kappa shape index (κ2) is 7.43. The van der Waals surface area contributed by atoms with Crippen LogP contribution in [0, 0.1) is 0 Å². The van der Waals surface area contributed by atoms with E-state index in [4.69, 9.17) is 14.2 Å². The highest BCUT2D eigenvalue weighted by Gasteiger charge is 2.33. The quantitative estimate of drug-likeness (QED) is 0.854. The minimum absolute atomic E-state index is 0.202. The smallest absolute Gasteiger partial charge is 0.415 e. The van der Waals surface area contributed by atoms with Gasteiger partial charge in [0, 0.05) is 0 Å². The third kappa shape index (κ3) is 3.53. The van der Waals surface area contributed by atoms with Gasteiger partial charge in [0.15, 0.2) is 0 Å². The van der Waals surface area contributed by atoms with E-state index in [0.29, 0.717) is 23.6 Å². The van der Waals surface area contributed by atoms with Crippen molar-refractivity contribution in [2.45, 2.75) is 6.10 Å². The van der Waals surface area contributed by atoms with E-state index in [-0.39, 0.29) is 12.5 Å². The van der Waals surface area contributed by atoms with Crippen LogP contribution in [0.15, 0.2) is 35.7 Å². The second-order valence-corrected chi connectivity index (χ2v) is 6.24. The van der Waals surface area contributed by atoms with E-state index < -0.39 is 12.2 Å². The molecule has 3 rings (SSSR count). The van der Waals surface area contributed by atoms with Crippen molar-refractivity contribution < 1.29 is 23.8 Å². The molecule has 1 aliphatic heterocycles. The molecule has 2 aromatic rings. The molecular weight excluding hydrogens is 344 g/mol. The van der Waals surface area contributed by atoms with E-state index in [1.165, 1.54) is 25.6 Å². The van der Waals surface area contributed by atoms with Gasteiger partial charge in [-0.25, -0.2) is 4.79 Å². The SMILES string of the molecule is COc1cccc(OC)c1C(=O)NCC1CN(c2cccs2)C(=O)O1. The molecular formula is C17H18N2O5S. The molecule has 1 fully saturated rings. The number of rotatable bonds is 6. The van der Waals surface area contributed by atoms with E-state index in [0.717, 1.165) is 5.00 Å². The highest BCUT2D eigenvalue weighted by molar-refractivity contribution is 7.14. The number of anilines is 1. The molecule has 1 atom stereocenters. The molecule has 1 unspecified atom stereocenters. The van der Waals surface area contributed by atoms with Gasteiger partial charge in [-0.2, -0.15) is 0 Å². The van der Waals surface area contributed by atoms with E-state index in [1.807, 2.05) is 17.5 Å². The van der Waals surface area contributed by atoms with Crippen molar-refractivity contribution in [3.8, 4) is 11.5 Å². The summed E-state index contributed by atoms with van der Waals surface area (Å²) in [6, 6.07) is 8.84. The first-order chi connectivity index (χ1) is 12.1. The highest BCUT2D eigenvalue weighted by atomic mass is 32.1. The van der Waals surface area contributed by atoms with Crippen LogP contribution in [0.1, 0.15) is 10.4 Å². The molecule has 7 nitrogen and oxygen atoms in total. The summed E-state index contributed by atoms with van der Waals surface area (Å²) < 4.78 is 15.8. The maximum atomic E-state index is 12.5. The van der Waals surface area contributed by atoms with Crippen molar-refractivity contribution in [3.05, 3.63) is 41.3 Å². The average Bonchev–Trinajstić information content (AvgIpc) is 3.28. The number of thiophene rings is 1. The number of hydrogen-bond donors (Lipinski definition) is 1. The number of ether oxygens (including phenoxy) is 3. The third-order valence-electron chi connectivity index (χ3n) is 3.79. The summed E-state index contributed by atoms with van der Waals surface area (Å²) in [7, 11) is 2.98. The van der Waals surface area contributed by atoms with Gasteiger partial charge in [-0.3, -0.25) is 9.69 Å². The zero-order valence-corrected chi connectivity index (χ0v) is 14.7. The predicted molar refractivity (Wildman–Crippen MR) is 93.8 cm³/mol. The first-order valence-corrected chi connectivity index (χ1v) is 8.53. The molecule has 132 valence electrons. The van der Waals surface area contributed by atoms with Crippen molar-refractivity contribution in [2.24, 2.45) is 0 Å². The van der Waals surface area contributed by atoms with E-state index >= 15 is 0 Å². The number of methoxy groups -OCH3 is 2. The van der Waals surface area contributed by atoms with Crippen LogP contribution in [-0.2, 0) is 4.74 Å². The third-order valence-corrected chi connectivity index (χ3v) is 4.68. The van der Waals surface area contributed by atoms with E-state index in [9.17, 15) is 9.59 Å². The van der Waals surface area contributed by atoms with Crippen LogP contribution in [0.4, 0.5) is 9.80 Å². The molecule has 1 aliphatic rings. The molecule has 0 aliphatic carbocycles. The van der Waals surface area contributed by atoms with Crippen LogP contribution in [0.2, 0.25) is 0 Å². The molecule has 1 N–H and O–H groups in total. The van der Waals surface area contributed by atoms with E-state index in [1.54, 1.807) is 23.1 Å². The van der Waals surface area contributed by atoms with Crippen molar-refractivity contribution in [2.75, 3.05) is 32.2 Å². The standard InChI is InChI=1S/C17H18N2O5S/c1-22-12-5-3-6-13(23-2)15(12)16(20)18-9-11-10-19(17(21)24-11)14-7-4-8-25-14/h3-8,11H,9-10H2,1-2H3,(H,18,20). The summed E-state index contributed by atoms with van der Waals surface area (Å²) in [6.07, 6.45) is -0.823. The Balaban J connectivity index is 1.65. The lowest BCUT2D eigenvalue weighted by molar-refractivity contribution is 0.0910. The minimum atomic E-state index is -0.417. The molecule has 2 amide bonds. The number of nitrogens with one attached hydrogen (secondary N) is 1. The fourth-order valence-corrected chi connectivity index (χ4v) is 3.33. The first kappa shape index (κ1) is 17.1. The zero-order chi connectivity index (χ0) is 17.8. The number of benzene rings is 1. The summed E-state index contributed by atoms with van der Waals surface area (Å²) >= 11 is 1.46. The Morgan fingerprint density at radius 2 is 2.00 bits per heavy atom. The van der Waals surface area contributed by atoms with Crippen molar-refractivity contribution in [1.82, 2.24) is 5.32 Å². The lowest BCUT2D eigenvalue weighted by Gasteiger charge is -2.14. The maximum absolute atomic E-state index is 12.5. The predicted octanol–water partition coefficient (Wildman–Crippen LogP) is 2.52. The normalized spacial score (nSPS) is 16.5. The minimum Gasteiger partial charge on any atom is -0.496 e. The van der Waals surface area contributed by atoms with Gasteiger partial charge < -0.3 is 19.5 Å². The van der Waals surface area contributed by atoms with Gasteiger partial charge in [-0.05, 0) is 29.6 Å². The molecule has 0 radical (unpaired) electrons. The van der Waals surface area contributed by atoms with Gasteiger partial charge in [0.2, 0.25) is 0 Å². The molecule has 0 saturated carbocycles. The molecule has 2 heterocycles. The van der Waals surface area contributed by atoms with E-state index in [2.05, 4.69) is 5.32 Å². The first-order valence-electron chi connectivity index (χ1n) is 7.65. The van der Waals surface area contributed by atoms with Gasteiger partial charge in [0.05, 0.1) is 27.3 Å². The Labute approximate surface area is 149 Å². The molecule has 1 aromatic carbocycles. The topological polar surface area (TPSA) is 77.1 Å². The van der Waals surface area contributed by atoms with Gasteiger partial charge in [-0.15, -0.1) is 11.3 Å². The Hall–Kier alpha value is -2.74. The molecule has 0 bridgehead atoms. The Morgan fingerprint density at radius 1 is 1.28 bits per heavy atom. The molecule has 1 saturated heterocycles. The van der Waals surface area contributed by atoms with Crippen molar-refractivity contribution in [3.63, 3.8) is 0 Å². The molecule has 1 aromatic heterocycles. The number of hydrogen-bond acceptors (Lipinski definition) is 6. The number of carbonyl (C=O) groups excluding carboxylic acids is 2. The number of carbonyl (C=O) groups is 2. The second-order valence-electron chi connectivity index (χ2n) is 5.32. The summed E-state index contributed by atoms with van der Waals surface area (Å²) in [5, 5.41) is 5.50. The Kier molecular flexibility index (Phi) is 5.08. The highest BCUT2D eigenvalue weighted by Crippen LogP contribution is 2.28. The Morgan fingerprint density at radius 3 is 2.60 bits per heavy atom. The van der Waals surface area contributed by atoms with Crippen LogP contribution >= 0.6 is 11.3 Å². The lowest BCUT2D eigenvalue weighted by atomic mass is 10.1. The largest absolute Gasteiger partial charge is 0.496 e. The van der Waals surface area contributed by atoms with Gasteiger partial charge >= 0.3 is 6.09 Å². The van der Waals surface area contributed by atoms with Crippen LogP contribution in [0.3, 0.4) is 0 Å². The number of cyclic esters (lactones) is 1. The van der Waals surface area contributed by atoms with Crippen LogP contribution in [0.5, 0.6) is 11.5 Å².